The van der Waals surface area contributed by atoms with Gasteiger partial charge in [0.2, 0.25) is 10.3 Å². The van der Waals surface area contributed by atoms with Gasteiger partial charge in [0.25, 0.3) is 0 Å². The van der Waals surface area contributed by atoms with Crippen molar-refractivity contribution in [2.75, 3.05) is 57.2 Å². The third kappa shape index (κ3) is 4.94. The van der Waals surface area contributed by atoms with Gasteiger partial charge in [0.05, 0.1) is 26.5 Å². The highest BCUT2D eigenvalue weighted by molar-refractivity contribution is 7.17. The number of hydrogen-bond donors (Lipinski definition) is 1. The van der Waals surface area contributed by atoms with E-state index < -0.39 is 0 Å². The van der Waals surface area contributed by atoms with E-state index in [1.165, 1.54) is 13.0 Å². The Bertz CT molecular complexity index is 980. The SMILES string of the molecule is CCCN1CCN(c2nnc(-n3cccc3CNc3cc(OC)ccc3OC)s2)CC1. The topological polar surface area (TPSA) is 67.7 Å². The normalized spacial score (nSPS) is 14.6. The number of anilines is 2. The zero-order chi connectivity index (χ0) is 21.6. The van der Waals surface area contributed by atoms with E-state index in [1.807, 2.05) is 30.5 Å². The van der Waals surface area contributed by atoms with E-state index in [2.05, 4.69) is 42.9 Å². The Morgan fingerprint density at radius 2 is 1.84 bits per heavy atom. The molecule has 1 aliphatic rings. The number of nitrogens with zero attached hydrogens (tertiary/aromatic N) is 5. The number of hydrogen-bond acceptors (Lipinski definition) is 8. The number of nitrogens with one attached hydrogen (secondary N) is 1. The Balaban J connectivity index is 1.44. The number of piperazine rings is 1. The fourth-order valence-corrected chi connectivity index (χ4v) is 4.71. The molecule has 8 nitrogen and oxygen atoms in total. The first-order chi connectivity index (χ1) is 15.2. The van der Waals surface area contributed by atoms with Crippen LogP contribution in [0.3, 0.4) is 0 Å². The number of benzene rings is 1. The van der Waals surface area contributed by atoms with E-state index in [1.54, 1.807) is 25.6 Å². The van der Waals surface area contributed by atoms with Crippen LogP contribution in [-0.2, 0) is 6.54 Å². The summed E-state index contributed by atoms with van der Waals surface area (Å²) in [6, 6.07) is 9.84. The highest BCUT2D eigenvalue weighted by atomic mass is 32.1. The second-order valence-corrected chi connectivity index (χ2v) is 8.42. The second kappa shape index (κ2) is 10.0. The molecule has 1 saturated heterocycles. The van der Waals surface area contributed by atoms with Gasteiger partial charge in [0.1, 0.15) is 11.5 Å². The number of ether oxygens (including phenoxy) is 2. The predicted octanol–water partition coefficient (Wildman–Crippen LogP) is 3.49. The van der Waals surface area contributed by atoms with E-state index in [9.17, 15) is 0 Å². The molecule has 0 amide bonds. The summed E-state index contributed by atoms with van der Waals surface area (Å²) in [6.45, 7) is 8.22. The van der Waals surface area contributed by atoms with Gasteiger partial charge in [0, 0.05) is 44.1 Å². The van der Waals surface area contributed by atoms with E-state index >= 15 is 0 Å². The van der Waals surface area contributed by atoms with Gasteiger partial charge in [-0.15, -0.1) is 10.2 Å². The van der Waals surface area contributed by atoms with Crippen molar-refractivity contribution in [1.82, 2.24) is 19.7 Å². The minimum absolute atomic E-state index is 0.626. The van der Waals surface area contributed by atoms with Crippen LogP contribution < -0.4 is 19.7 Å². The average molecular weight is 443 g/mol. The van der Waals surface area contributed by atoms with Crippen LogP contribution in [0.1, 0.15) is 19.0 Å². The van der Waals surface area contributed by atoms with E-state index in [0.29, 0.717) is 6.54 Å². The van der Waals surface area contributed by atoms with Gasteiger partial charge in [-0.1, -0.05) is 18.3 Å². The lowest BCUT2D eigenvalue weighted by Crippen LogP contribution is -2.46. The molecule has 0 atom stereocenters. The number of methoxy groups -OCH3 is 2. The van der Waals surface area contributed by atoms with Gasteiger partial charge >= 0.3 is 0 Å². The molecule has 0 aliphatic carbocycles. The quantitative estimate of drug-likeness (QED) is 0.544. The zero-order valence-electron chi connectivity index (χ0n) is 18.4. The Morgan fingerprint density at radius 1 is 1.03 bits per heavy atom. The molecule has 31 heavy (non-hydrogen) atoms. The van der Waals surface area contributed by atoms with Crippen molar-refractivity contribution in [2.24, 2.45) is 0 Å². The first-order valence-corrected chi connectivity index (χ1v) is 11.5. The summed E-state index contributed by atoms with van der Waals surface area (Å²) < 4.78 is 12.9. The fraction of sp³-hybridized carbons (Fsp3) is 0.455. The maximum atomic E-state index is 5.47. The van der Waals surface area contributed by atoms with Gasteiger partial charge in [0.15, 0.2) is 0 Å². The van der Waals surface area contributed by atoms with Crippen LogP contribution in [0.4, 0.5) is 10.8 Å². The second-order valence-electron chi connectivity index (χ2n) is 7.49. The predicted molar refractivity (Wildman–Crippen MR) is 125 cm³/mol. The maximum absolute atomic E-state index is 5.47. The Morgan fingerprint density at radius 3 is 2.58 bits per heavy atom. The Hall–Kier alpha value is -2.78. The van der Waals surface area contributed by atoms with Gasteiger partial charge in [-0.25, -0.2) is 0 Å². The van der Waals surface area contributed by atoms with Crippen molar-refractivity contribution in [3.05, 3.63) is 42.2 Å². The highest BCUT2D eigenvalue weighted by Gasteiger charge is 2.20. The van der Waals surface area contributed by atoms with Gasteiger partial charge < -0.3 is 19.7 Å². The molecule has 2 aromatic heterocycles. The molecule has 4 rings (SSSR count). The van der Waals surface area contributed by atoms with Gasteiger partial charge in [-0.2, -0.15) is 0 Å². The van der Waals surface area contributed by atoms with Crippen molar-refractivity contribution in [1.29, 1.82) is 0 Å². The Labute approximate surface area is 187 Å². The monoisotopic (exact) mass is 442 g/mol. The van der Waals surface area contributed by atoms with E-state index in [0.717, 1.165) is 59.3 Å². The minimum Gasteiger partial charge on any atom is -0.497 e. The average Bonchev–Trinajstić information content (AvgIpc) is 3.47. The maximum Gasteiger partial charge on any atom is 0.218 e. The van der Waals surface area contributed by atoms with Crippen LogP contribution in [0.2, 0.25) is 0 Å². The third-order valence-corrected chi connectivity index (χ3v) is 6.48. The summed E-state index contributed by atoms with van der Waals surface area (Å²) in [4.78, 5) is 4.86. The summed E-state index contributed by atoms with van der Waals surface area (Å²) in [5, 5.41) is 14.3. The van der Waals surface area contributed by atoms with Crippen molar-refractivity contribution in [3.63, 3.8) is 0 Å². The summed E-state index contributed by atoms with van der Waals surface area (Å²) in [6.07, 6.45) is 3.23. The molecule has 1 aromatic carbocycles. The molecule has 0 spiro atoms. The zero-order valence-corrected chi connectivity index (χ0v) is 19.2. The molecular formula is C22H30N6O2S. The van der Waals surface area contributed by atoms with Crippen molar-refractivity contribution in [3.8, 4) is 16.6 Å². The van der Waals surface area contributed by atoms with Crippen molar-refractivity contribution >= 4 is 22.2 Å². The lowest BCUT2D eigenvalue weighted by molar-refractivity contribution is 0.258. The lowest BCUT2D eigenvalue weighted by atomic mass is 10.2. The molecule has 0 unspecified atom stereocenters. The molecule has 0 saturated carbocycles. The standard InChI is InChI=1S/C22H30N6O2S/c1-4-9-26-11-13-27(14-12-26)21-24-25-22(31-21)28-10-5-6-17(28)16-23-19-15-18(29-2)7-8-20(19)30-3/h5-8,10,15,23H,4,9,11-14,16H2,1-3H3. The molecule has 9 heteroatoms. The molecule has 1 aliphatic heterocycles. The number of rotatable bonds is 9. The summed E-state index contributed by atoms with van der Waals surface area (Å²) >= 11 is 1.64. The Kier molecular flexibility index (Phi) is 6.93. The third-order valence-electron chi connectivity index (χ3n) is 5.49. The van der Waals surface area contributed by atoms with Crippen LogP contribution in [0, 0.1) is 0 Å². The van der Waals surface area contributed by atoms with Crippen molar-refractivity contribution < 1.29 is 9.47 Å². The first kappa shape index (κ1) is 21.5. The largest absolute Gasteiger partial charge is 0.497 e. The van der Waals surface area contributed by atoms with Crippen LogP contribution in [0.5, 0.6) is 11.5 Å². The van der Waals surface area contributed by atoms with Crippen LogP contribution in [0.15, 0.2) is 36.5 Å². The smallest absolute Gasteiger partial charge is 0.218 e. The molecule has 1 fully saturated rings. The van der Waals surface area contributed by atoms with E-state index in [4.69, 9.17) is 9.47 Å². The summed E-state index contributed by atoms with van der Waals surface area (Å²) in [7, 11) is 3.33. The first-order valence-electron chi connectivity index (χ1n) is 10.6. The van der Waals surface area contributed by atoms with E-state index in [-0.39, 0.29) is 0 Å². The van der Waals surface area contributed by atoms with Gasteiger partial charge in [-0.05, 0) is 37.2 Å². The molecule has 1 N–H and O–H groups in total. The molecule has 166 valence electrons. The lowest BCUT2D eigenvalue weighted by Gasteiger charge is -2.33. The highest BCUT2D eigenvalue weighted by Crippen LogP contribution is 2.30. The molecule has 0 bridgehead atoms. The summed E-state index contributed by atoms with van der Waals surface area (Å²) in [5.41, 5.74) is 1.98. The van der Waals surface area contributed by atoms with Crippen molar-refractivity contribution in [2.45, 2.75) is 19.9 Å². The number of aromatic nitrogens is 3. The fourth-order valence-electron chi connectivity index (χ4n) is 3.80. The molecular weight excluding hydrogens is 412 g/mol. The molecule has 0 radical (unpaired) electrons. The molecule has 3 aromatic rings. The van der Waals surface area contributed by atoms with Crippen LogP contribution in [0.25, 0.3) is 5.13 Å². The van der Waals surface area contributed by atoms with Crippen LogP contribution >= 0.6 is 11.3 Å². The van der Waals surface area contributed by atoms with Gasteiger partial charge in [-0.3, -0.25) is 9.47 Å². The van der Waals surface area contributed by atoms with Crippen LogP contribution in [-0.4, -0.2) is 66.6 Å². The molecule has 3 heterocycles. The minimum atomic E-state index is 0.626. The summed E-state index contributed by atoms with van der Waals surface area (Å²) in [5.74, 6) is 1.56.